The summed E-state index contributed by atoms with van der Waals surface area (Å²) < 4.78 is 2.10. The fraction of sp³-hybridized carbons (Fsp3) is 0.786. The molecule has 1 aromatic rings. The van der Waals surface area contributed by atoms with E-state index in [-0.39, 0.29) is 6.04 Å². The predicted molar refractivity (Wildman–Crippen MR) is 73.0 cm³/mol. The first-order valence-electron chi connectivity index (χ1n) is 6.91. The minimum atomic E-state index is 0.227. The molecule has 0 bridgehead atoms. The van der Waals surface area contributed by atoms with Crippen LogP contribution >= 0.6 is 0 Å². The van der Waals surface area contributed by atoms with Crippen LogP contribution in [0, 0.1) is 5.92 Å². The number of hydrogen-bond donors (Lipinski definition) is 1. The summed E-state index contributed by atoms with van der Waals surface area (Å²) in [4.78, 5) is 0. The summed E-state index contributed by atoms with van der Waals surface area (Å²) in [5.74, 6) is 0.563. The molecule has 0 aliphatic heterocycles. The quantitative estimate of drug-likeness (QED) is 0.791. The van der Waals surface area contributed by atoms with Crippen molar-refractivity contribution in [2.45, 2.75) is 65.5 Å². The molecule has 0 aliphatic carbocycles. The van der Waals surface area contributed by atoms with E-state index in [1.165, 1.54) is 0 Å². The second-order valence-electron chi connectivity index (χ2n) is 5.01. The maximum Gasteiger partial charge on any atom is 0.0640 e. The minimum absolute atomic E-state index is 0.227. The van der Waals surface area contributed by atoms with Crippen molar-refractivity contribution in [3.05, 3.63) is 18.0 Å². The molecule has 3 heteroatoms. The Bertz CT molecular complexity index is 315. The van der Waals surface area contributed by atoms with E-state index in [2.05, 4.69) is 49.7 Å². The first kappa shape index (κ1) is 14.2. The molecule has 1 rings (SSSR count). The fourth-order valence-electron chi connectivity index (χ4n) is 2.10. The van der Waals surface area contributed by atoms with Gasteiger partial charge in [0.05, 0.1) is 11.7 Å². The molecule has 1 heterocycles. The van der Waals surface area contributed by atoms with E-state index in [1.807, 2.05) is 0 Å². The van der Waals surface area contributed by atoms with Gasteiger partial charge in [0.15, 0.2) is 0 Å². The summed E-state index contributed by atoms with van der Waals surface area (Å²) in [6, 6.07) is 2.87. The maximum absolute atomic E-state index is 6.16. The van der Waals surface area contributed by atoms with Crippen molar-refractivity contribution in [1.29, 1.82) is 0 Å². The van der Waals surface area contributed by atoms with E-state index in [4.69, 9.17) is 5.73 Å². The third-order valence-corrected chi connectivity index (χ3v) is 3.80. The molecule has 98 valence electrons. The van der Waals surface area contributed by atoms with Crippen molar-refractivity contribution in [1.82, 2.24) is 9.78 Å². The Morgan fingerprint density at radius 1 is 1.24 bits per heavy atom. The normalized spacial score (nSPS) is 15.2. The van der Waals surface area contributed by atoms with Crippen LogP contribution in [0.4, 0.5) is 0 Å². The van der Waals surface area contributed by atoms with Gasteiger partial charge in [-0.1, -0.05) is 34.1 Å². The first-order chi connectivity index (χ1) is 8.12. The second kappa shape index (κ2) is 6.80. The highest BCUT2D eigenvalue weighted by atomic mass is 15.3. The molecule has 0 saturated carbocycles. The van der Waals surface area contributed by atoms with Gasteiger partial charge in [0.2, 0.25) is 0 Å². The number of hydrogen-bond acceptors (Lipinski definition) is 2. The highest BCUT2D eigenvalue weighted by molar-refractivity contribution is 5.02. The fourth-order valence-corrected chi connectivity index (χ4v) is 2.10. The van der Waals surface area contributed by atoms with E-state index in [1.54, 1.807) is 0 Å². The van der Waals surface area contributed by atoms with E-state index in [0.29, 0.717) is 12.0 Å². The van der Waals surface area contributed by atoms with Gasteiger partial charge in [-0.25, -0.2) is 0 Å². The van der Waals surface area contributed by atoms with Crippen molar-refractivity contribution in [2.75, 3.05) is 0 Å². The Morgan fingerprint density at radius 2 is 1.88 bits per heavy atom. The van der Waals surface area contributed by atoms with E-state index in [0.717, 1.165) is 31.4 Å². The Labute approximate surface area is 105 Å². The summed E-state index contributed by atoms with van der Waals surface area (Å²) in [5.41, 5.74) is 7.29. The van der Waals surface area contributed by atoms with Gasteiger partial charge in [0, 0.05) is 18.7 Å². The zero-order valence-electron chi connectivity index (χ0n) is 11.7. The van der Waals surface area contributed by atoms with E-state index >= 15 is 0 Å². The van der Waals surface area contributed by atoms with Crippen LogP contribution in [0.3, 0.4) is 0 Å². The number of nitrogens with zero attached hydrogens (tertiary/aromatic N) is 2. The van der Waals surface area contributed by atoms with E-state index in [9.17, 15) is 0 Å². The van der Waals surface area contributed by atoms with Gasteiger partial charge in [-0.15, -0.1) is 0 Å². The molecule has 2 N–H and O–H groups in total. The third kappa shape index (κ3) is 3.84. The predicted octanol–water partition coefficient (Wildman–Crippen LogP) is 3.16. The average molecular weight is 237 g/mol. The Hall–Kier alpha value is -0.830. The van der Waals surface area contributed by atoms with Crippen molar-refractivity contribution in [2.24, 2.45) is 11.7 Å². The molecular formula is C14H27N3. The molecular weight excluding hydrogens is 210 g/mol. The van der Waals surface area contributed by atoms with Gasteiger partial charge < -0.3 is 5.73 Å². The smallest absolute Gasteiger partial charge is 0.0640 e. The number of rotatable bonds is 7. The van der Waals surface area contributed by atoms with Crippen LogP contribution in [-0.4, -0.2) is 15.8 Å². The van der Waals surface area contributed by atoms with Crippen molar-refractivity contribution in [3.8, 4) is 0 Å². The number of aromatic nitrogens is 2. The Kier molecular flexibility index (Phi) is 5.69. The van der Waals surface area contributed by atoms with Gasteiger partial charge in [0.25, 0.3) is 0 Å². The zero-order chi connectivity index (χ0) is 12.8. The van der Waals surface area contributed by atoms with Gasteiger partial charge in [0.1, 0.15) is 0 Å². The first-order valence-corrected chi connectivity index (χ1v) is 6.91. The molecule has 0 fully saturated rings. The van der Waals surface area contributed by atoms with Gasteiger partial charge in [-0.2, -0.15) is 5.10 Å². The molecule has 0 spiro atoms. The monoisotopic (exact) mass is 237 g/mol. The molecule has 0 aliphatic rings. The lowest BCUT2D eigenvalue weighted by atomic mass is 9.96. The lowest BCUT2D eigenvalue weighted by molar-refractivity contribution is 0.412. The maximum atomic E-state index is 6.16. The standard InChI is InChI=1S/C14H27N3/c1-5-11(4)14(15)10-12-8-9-17(16-12)13(6-2)7-3/h8-9,11,13-14H,5-7,10,15H2,1-4H3. The highest BCUT2D eigenvalue weighted by Crippen LogP contribution is 2.16. The van der Waals surface area contributed by atoms with Crippen LogP contribution in [0.2, 0.25) is 0 Å². The third-order valence-electron chi connectivity index (χ3n) is 3.80. The van der Waals surface area contributed by atoms with Gasteiger partial charge in [-0.3, -0.25) is 4.68 Å². The van der Waals surface area contributed by atoms with Crippen LogP contribution in [0.5, 0.6) is 0 Å². The molecule has 2 atom stereocenters. The topological polar surface area (TPSA) is 43.8 Å². The van der Waals surface area contributed by atoms with Crippen molar-refractivity contribution >= 4 is 0 Å². The van der Waals surface area contributed by atoms with Crippen LogP contribution in [0.25, 0.3) is 0 Å². The number of nitrogens with two attached hydrogens (primary N) is 1. The van der Waals surface area contributed by atoms with Crippen LogP contribution in [-0.2, 0) is 6.42 Å². The van der Waals surface area contributed by atoms with Crippen molar-refractivity contribution < 1.29 is 0 Å². The summed E-state index contributed by atoms with van der Waals surface area (Å²) in [5, 5.41) is 4.65. The molecule has 2 unspecified atom stereocenters. The lowest BCUT2D eigenvalue weighted by Gasteiger charge is -2.17. The SMILES string of the molecule is CCC(C)C(N)Cc1ccn(C(CC)CC)n1. The molecule has 3 nitrogen and oxygen atoms in total. The lowest BCUT2D eigenvalue weighted by Crippen LogP contribution is -2.30. The largest absolute Gasteiger partial charge is 0.327 e. The molecule has 1 aromatic heterocycles. The van der Waals surface area contributed by atoms with Crippen LogP contribution < -0.4 is 5.73 Å². The zero-order valence-corrected chi connectivity index (χ0v) is 11.7. The Balaban J connectivity index is 2.62. The summed E-state index contributed by atoms with van der Waals surface area (Å²) >= 11 is 0. The Morgan fingerprint density at radius 3 is 2.41 bits per heavy atom. The minimum Gasteiger partial charge on any atom is -0.327 e. The summed E-state index contributed by atoms with van der Waals surface area (Å²) in [6.07, 6.45) is 6.39. The molecule has 0 aromatic carbocycles. The van der Waals surface area contributed by atoms with E-state index < -0.39 is 0 Å². The molecule has 0 amide bonds. The molecule has 0 radical (unpaired) electrons. The van der Waals surface area contributed by atoms with Gasteiger partial charge in [-0.05, 0) is 24.8 Å². The van der Waals surface area contributed by atoms with Crippen LogP contribution in [0.15, 0.2) is 12.3 Å². The summed E-state index contributed by atoms with van der Waals surface area (Å²) in [6.45, 7) is 8.82. The highest BCUT2D eigenvalue weighted by Gasteiger charge is 2.14. The van der Waals surface area contributed by atoms with Crippen LogP contribution in [0.1, 0.15) is 58.7 Å². The summed E-state index contributed by atoms with van der Waals surface area (Å²) in [7, 11) is 0. The average Bonchev–Trinajstić information content (AvgIpc) is 2.78. The molecule has 17 heavy (non-hydrogen) atoms. The second-order valence-corrected chi connectivity index (χ2v) is 5.01. The van der Waals surface area contributed by atoms with Gasteiger partial charge >= 0.3 is 0 Å². The molecule has 0 saturated heterocycles. The van der Waals surface area contributed by atoms with Crippen molar-refractivity contribution in [3.63, 3.8) is 0 Å².